The van der Waals surface area contributed by atoms with E-state index in [1.807, 2.05) is 69.3 Å². The highest BCUT2D eigenvalue weighted by Crippen LogP contribution is 2.31. The summed E-state index contributed by atoms with van der Waals surface area (Å²) in [5.74, 6) is 0.668. The smallest absolute Gasteiger partial charge is 0.237 e. The molecule has 158 valence electrons. The van der Waals surface area contributed by atoms with Crippen LogP contribution in [0.1, 0.15) is 30.0 Å². The molecule has 1 N–H and O–H groups in total. The molecule has 31 heavy (non-hydrogen) atoms. The van der Waals surface area contributed by atoms with Gasteiger partial charge in [0.15, 0.2) is 0 Å². The molecule has 3 rings (SSSR count). The molecule has 0 radical (unpaired) electrons. The molecule has 0 saturated carbocycles. The van der Waals surface area contributed by atoms with Crippen LogP contribution in [0.3, 0.4) is 0 Å². The van der Waals surface area contributed by atoms with E-state index in [4.69, 9.17) is 9.72 Å². The van der Waals surface area contributed by atoms with Crippen molar-refractivity contribution in [2.24, 2.45) is 0 Å². The van der Waals surface area contributed by atoms with E-state index in [9.17, 15) is 10.1 Å². The molecule has 1 unspecified atom stereocenters. The van der Waals surface area contributed by atoms with Gasteiger partial charge in [-0.3, -0.25) is 4.79 Å². The van der Waals surface area contributed by atoms with Gasteiger partial charge in [0, 0.05) is 11.3 Å². The zero-order chi connectivity index (χ0) is 22.4. The average molecular weight is 432 g/mol. The van der Waals surface area contributed by atoms with Crippen LogP contribution >= 0.6 is 11.8 Å². The highest BCUT2D eigenvalue weighted by molar-refractivity contribution is 8.00. The van der Waals surface area contributed by atoms with Crippen LogP contribution in [0.15, 0.2) is 59.6 Å². The average Bonchev–Trinajstić information content (AvgIpc) is 2.79. The van der Waals surface area contributed by atoms with Crippen molar-refractivity contribution in [3.8, 4) is 23.1 Å². The Balaban J connectivity index is 1.84. The monoisotopic (exact) mass is 431 g/mol. The van der Waals surface area contributed by atoms with Gasteiger partial charge >= 0.3 is 0 Å². The van der Waals surface area contributed by atoms with Crippen LogP contribution in [0, 0.1) is 25.2 Å². The Kier molecular flexibility index (Phi) is 7.32. The number of rotatable bonds is 7. The number of methoxy groups -OCH3 is 1. The van der Waals surface area contributed by atoms with E-state index >= 15 is 0 Å². The van der Waals surface area contributed by atoms with Crippen LogP contribution in [0.2, 0.25) is 0 Å². The number of nitrogens with zero attached hydrogens (tertiary/aromatic N) is 2. The second-order valence-corrected chi connectivity index (χ2v) is 8.40. The second kappa shape index (κ2) is 10.1. The summed E-state index contributed by atoms with van der Waals surface area (Å²) in [6.45, 7) is 5.96. The summed E-state index contributed by atoms with van der Waals surface area (Å²) in [4.78, 5) is 17.6. The van der Waals surface area contributed by atoms with Crippen LogP contribution < -0.4 is 10.1 Å². The maximum Gasteiger partial charge on any atom is 0.237 e. The van der Waals surface area contributed by atoms with Gasteiger partial charge < -0.3 is 10.1 Å². The highest BCUT2D eigenvalue weighted by atomic mass is 32.2. The van der Waals surface area contributed by atoms with Crippen molar-refractivity contribution in [2.45, 2.75) is 37.5 Å². The Hall–Kier alpha value is -3.30. The van der Waals surface area contributed by atoms with Crippen LogP contribution in [-0.4, -0.2) is 23.3 Å². The molecule has 0 aliphatic heterocycles. The number of anilines is 1. The number of carbonyl (C=O) groups excluding carboxylic acids is 1. The standard InChI is InChI=1S/C25H25N3O2S/c1-5-23(24(29)27-21-12-6-16(2)14-17(21)3)31-25-19(15-26)9-13-22(28-25)18-7-10-20(30-4)11-8-18/h6-14,23H,5H2,1-4H3,(H,27,29). The van der Waals surface area contributed by atoms with Gasteiger partial charge in [0.05, 0.1) is 23.6 Å². The summed E-state index contributed by atoms with van der Waals surface area (Å²) in [5, 5.41) is 12.8. The molecule has 5 nitrogen and oxygen atoms in total. The van der Waals surface area contributed by atoms with Gasteiger partial charge in [0.2, 0.25) is 5.91 Å². The van der Waals surface area contributed by atoms with E-state index in [1.54, 1.807) is 13.2 Å². The number of nitriles is 1. The Morgan fingerprint density at radius 3 is 2.52 bits per heavy atom. The van der Waals surface area contributed by atoms with Gasteiger partial charge in [0.1, 0.15) is 16.8 Å². The van der Waals surface area contributed by atoms with Gasteiger partial charge in [-0.15, -0.1) is 0 Å². The summed E-state index contributed by atoms with van der Waals surface area (Å²) < 4.78 is 5.21. The van der Waals surface area contributed by atoms with Crippen molar-refractivity contribution in [1.29, 1.82) is 5.26 Å². The number of aromatic nitrogens is 1. The van der Waals surface area contributed by atoms with E-state index < -0.39 is 0 Å². The summed E-state index contributed by atoms with van der Waals surface area (Å²) in [6, 6.07) is 19.3. The summed E-state index contributed by atoms with van der Waals surface area (Å²) >= 11 is 1.32. The first-order valence-corrected chi connectivity index (χ1v) is 10.9. The predicted molar refractivity (Wildman–Crippen MR) is 125 cm³/mol. The van der Waals surface area contributed by atoms with Gasteiger partial charge in [-0.25, -0.2) is 4.98 Å². The predicted octanol–water partition coefficient (Wildman–Crippen LogP) is 5.76. The fourth-order valence-electron chi connectivity index (χ4n) is 3.16. The molecule has 0 aliphatic carbocycles. The zero-order valence-corrected chi connectivity index (χ0v) is 18.9. The number of nitrogens with one attached hydrogen (secondary N) is 1. The van der Waals surface area contributed by atoms with Gasteiger partial charge in [-0.2, -0.15) is 5.26 Å². The molecule has 0 aliphatic rings. The van der Waals surface area contributed by atoms with Crippen LogP contribution in [0.25, 0.3) is 11.3 Å². The quantitative estimate of drug-likeness (QED) is 0.482. The van der Waals surface area contributed by atoms with Crippen molar-refractivity contribution < 1.29 is 9.53 Å². The first-order valence-electron chi connectivity index (χ1n) is 10.1. The largest absolute Gasteiger partial charge is 0.497 e. The lowest BCUT2D eigenvalue weighted by Gasteiger charge is -2.17. The zero-order valence-electron chi connectivity index (χ0n) is 18.1. The third kappa shape index (κ3) is 5.44. The minimum atomic E-state index is -0.369. The van der Waals surface area contributed by atoms with Crippen molar-refractivity contribution >= 4 is 23.4 Å². The second-order valence-electron chi connectivity index (χ2n) is 7.21. The normalized spacial score (nSPS) is 11.5. The molecule has 1 amide bonds. The van der Waals surface area contributed by atoms with E-state index in [1.165, 1.54) is 11.8 Å². The first kappa shape index (κ1) is 22.4. The van der Waals surface area contributed by atoms with Crippen molar-refractivity contribution in [2.75, 3.05) is 12.4 Å². The molecular weight excluding hydrogens is 406 g/mol. The Bertz CT molecular complexity index is 1120. The molecule has 0 spiro atoms. The van der Waals surface area contributed by atoms with Crippen LogP contribution in [0.5, 0.6) is 5.75 Å². The number of ether oxygens (including phenoxy) is 1. The number of carbonyl (C=O) groups is 1. The van der Waals surface area contributed by atoms with E-state index in [2.05, 4.69) is 11.4 Å². The van der Waals surface area contributed by atoms with Crippen LogP contribution in [0.4, 0.5) is 5.69 Å². The maximum atomic E-state index is 13.0. The third-order valence-electron chi connectivity index (χ3n) is 4.92. The third-order valence-corrected chi connectivity index (χ3v) is 6.29. The number of benzene rings is 2. The number of pyridine rings is 1. The molecule has 1 atom stereocenters. The van der Waals surface area contributed by atoms with Gasteiger partial charge in [0.25, 0.3) is 0 Å². The number of thioether (sulfide) groups is 1. The molecule has 1 aromatic heterocycles. The first-order chi connectivity index (χ1) is 14.9. The SMILES string of the molecule is CCC(Sc1nc(-c2ccc(OC)cc2)ccc1C#N)C(=O)Nc1ccc(C)cc1C. The lowest BCUT2D eigenvalue weighted by Crippen LogP contribution is -2.25. The summed E-state index contributed by atoms with van der Waals surface area (Å²) in [6.07, 6.45) is 0.612. The van der Waals surface area contributed by atoms with E-state index in [-0.39, 0.29) is 11.2 Å². The maximum absolute atomic E-state index is 13.0. The van der Waals surface area contributed by atoms with Crippen molar-refractivity contribution in [1.82, 2.24) is 4.98 Å². The van der Waals surface area contributed by atoms with Crippen LogP contribution in [-0.2, 0) is 4.79 Å². The molecule has 0 saturated heterocycles. The fourth-order valence-corrected chi connectivity index (χ4v) is 4.16. The molecule has 1 heterocycles. The molecular formula is C25H25N3O2S. The van der Waals surface area contributed by atoms with Crippen molar-refractivity contribution in [3.05, 3.63) is 71.3 Å². The van der Waals surface area contributed by atoms with Crippen molar-refractivity contribution in [3.63, 3.8) is 0 Å². The lowest BCUT2D eigenvalue weighted by molar-refractivity contribution is -0.115. The molecule has 6 heteroatoms. The number of amides is 1. The summed E-state index contributed by atoms with van der Waals surface area (Å²) in [7, 11) is 1.62. The van der Waals surface area contributed by atoms with E-state index in [0.717, 1.165) is 33.8 Å². The minimum absolute atomic E-state index is 0.0972. The number of hydrogen-bond donors (Lipinski definition) is 1. The van der Waals surface area contributed by atoms with E-state index in [0.29, 0.717) is 17.0 Å². The number of aryl methyl sites for hydroxylation is 2. The molecule has 2 aromatic carbocycles. The van der Waals surface area contributed by atoms with Gasteiger partial charge in [-0.05, 0) is 68.3 Å². The molecule has 0 fully saturated rings. The van der Waals surface area contributed by atoms with Gasteiger partial charge in [-0.1, -0.05) is 36.4 Å². The molecule has 0 bridgehead atoms. The molecule has 3 aromatic rings. The Labute approximate surface area is 187 Å². The summed E-state index contributed by atoms with van der Waals surface area (Å²) in [5.41, 5.74) is 5.09. The highest BCUT2D eigenvalue weighted by Gasteiger charge is 2.21. The minimum Gasteiger partial charge on any atom is -0.497 e. The fraction of sp³-hybridized carbons (Fsp3) is 0.240. The Morgan fingerprint density at radius 1 is 1.16 bits per heavy atom. The topological polar surface area (TPSA) is 75.0 Å². The number of hydrogen-bond acceptors (Lipinski definition) is 5. The lowest BCUT2D eigenvalue weighted by atomic mass is 10.1. The Morgan fingerprint density at radius 2 is 1.90 bits per heavy atom.